The van der Waals surface area contributed by atoms with Crippen molar-refractivity contribution in [3.63, 3.8) is 0 Å². The first kappa shape index (κ1) is 13.5. The van der Waals surface area contributed by atoms with Crippen LogP contribution in [0.1, 0.15) is 18.4 Å². The second kappa shape index (κ2) is 6.33. The second-order valence-electron chi connectivity index (χ2n) is 4.79. The molecule has 5 heteroatoms. The zero-order valence-electron chi connectivity index (χ0n) is 10.8. The quantitative estimate of drug-likeness (QED) is 0.629. The van der Waals surface area contributed by atoms with Crippen molar-refractivity contribution < 1.29 is 10.0 Å². The molecule has 1 fully saturated rings. The Kier molecular flexibility index (Phi) is 4.52. The van der Waals surface area contributed by atoms with Crippen LogP contribution in [0.5, 0.6) is 0 Å². The van der Waals surface area contributed by atoms with Crippen LogP contribution in [0.4, 0.5) is 0 Å². The first-order valence-corrected chi connectivity index (χ1v) is 6.49. The summed E-state index contributed by atoms with van der Waals surface area (Å²) < 4.78 is 0. The van der Waals surface area contributed by atoms with Crippen LogP contribution in [-0.2, 0) is 11.2 Å². The molecule has 0 aliphatic carbocycles. The Balaban J connectivity index is 1.89. The van der Waals surface area contributed by atoms with Gasteiger partial charge in [-0.2, -0.15) is 0 Å². The molecule has 0 saturated carbocycles. The van der Waals surface area contributed by atoms with Gasteiger partial charge in [-0.1, -0.05) is 35.5 Å². The first-order chi connectivity index (χ1) is 9.20. The molecule has 1 aliphatic rings. The summed E-state index contributed by atoms with van der Waals surface area (Å²) in [4.78, 5) is 13.9. The summed E-state index contributed by atoms with van der Waals surface area (Å²) in [7, 11) is 0. The number of hydrogen-bond donors (Lipinski definition) is 2. The molecule has 3 N–H and O–H groups in total. The van der Waals surface area contributed by atoms with Crippen LogP contribution in [-0.4, -0.2) is 40.9 Å². The molecule has 1 aromatic carbocycles. The molecular formula is C14H19N3O2. The minimum atomic E-state index is -0.505. The number of piperidine rings is 1. The van der Waals surface area contributed by atoms with Crippen molar-refractivity contribution in [1.82, 2.24) is 4.90 Å². The highest BCUT2D eigenvalue weighted by molar-refractivity contribution is 5.88. The van der Waals surface area contributed by atoms with Gasteiger partial charge in [0.15, 0.2) is 0 Å². The largest absolute Gasteiger partial charge is 0.411 e. The number of carbonyl (C=O) groups is 1. The van der Waals surface area contributed by atoms with E-state index in [1.165, 1.54) is 0 Å². The zero-order chi connectivity index (χ0) is 13.7. The van der Waals surface area contributed by atoms with Gasteiger partial charge in [-0.15, -0.1) is 0 Å². The number of likely N-dealkylation sites (tertiary alicyclic amines) is 1. The van der Waals surface area contributed by atoms with Crippen molar-refractivity contribution in [2.24, 2.45) is 10.9 Å². The van der Waals surface area contributed by atoms with Gasteiger partial charge < -0.3 is 15.8 Å². The molecule has 0 spiro atoms. The third kappa shape index (κ3) is 3.54. The summed E-state index contributed by atoms with van der Waals surface area (Å²) in [5, 5.41) is 11.9. The van der Waals surface area contributed by atoms with Crippen molar-refractivity contribution in [3.8, 4) is 0 Å². The number of benzene rings is 1. The van der Waals surface area contributed by atoms with E-state index in [-0.39, 0.29) is 5.91 Å². The van der Waals surface area contributed by atoms with Gasteiger partial charge in [0.25, 0.3) is 0 Å². The lowest BCUT2D eigenvalue weighted by Crippen LogP contribution is -2.48. The van der Waals surface area contributed by atoms with Gasteiger partial charge in [0, 0.05) is 25.9 Å². The number of rotatable bonds is 3. The highest BCUT2D eigenvalue weighted by Crippen LogP contribution is 2.10. The van der Waals surface area contributed by atoms with Crippen molar-refractivity contribution >= 4 is 11.6 Å². The fraction of sp³-hybridized carbons (Fsp3) is 0.429. The van der Waals surface area contributed by atoms with Crippen LogP contribution in [0.15, 0.2) is 35.5 Å². The van der Waals surface area contributed by atoms with Crippen LogP contribution >= 0.6 is 0 Å². The molecule has 1 atom stereocenters. The lowest BCUT2D eigenvalue weighted by atomic mass is 10.0. The third-order valence-electron chi connectivity index (χ3n) is 3.41. The molecule has 1 aromatic rings. The molecule has 19 heavy (non-hydrogen) atoms. The Morgan fingerprint density at radius 1 is 1.32 bits per heavy atom. The number of nitrogens with zero attached hydrogens (tertiary/aromatic N) is 2. The Morgan fingerprint density at radius 3 is 2.53 bits per heavy atom. The van der Waals surface area contributed by atoms with E-state index < -0.39 is 6.04 Å². The van der Waals surface area contributed by atoms with Crippen molar-refractivity contribution in [1.29, 1.82) is 0 Å². The van der Waals surface area contributed by atoms with E-state index in [0.29, 0.717) is 32.4 Å². The summed E-state index contributed by atoms with van der Waals surface area (Å²) in [5.41, 5.74) is 7.79. The lowest BCUT2D eigenvalue weighted by molar-refractivity contribution is -0.132. The molecule has 0 unspecified atom stereocenters. The molecule has 1 heterocycles. The molecule has 5 nitrogen and oxygen atoms in total. The highest BCUT2D eigenvalue weighted by Gasteiger charge is 2.24. The fourth-order valence-electron chi connectivity index (χ4n) is 2.28. The summed E-state index contributed by atoms with van der Waals surface area (Å²) in [6.45, 7) is 1.17. The maximum absolute atomic E-state index is 12.2. The molecule has 102 valence electrons. The van der Waals surface area contributed by atoms with E-state index in [1.807, 2.05) is 30.3 Å². The number of nitrogens with two attached hydrogens (primary N) is 1. The van der Waals surface area contributed by atoms with Crippen LogP contribution in [0.3, 0.4) is 0 Å². The maximum atomic E-state index is 12.2. The first-order valence-electron chi connectivity index (χ1n) is 6.49. The van der Waals surface area contributed by atoms with Gasteiger partial charge in [0.1, 0.15) is 0 Å². The van der Waals surface area contributed by atoms with Crippen LogP contribution < -0.4 is 5.73 Å². The van der Waals surface area contributed by atoms with E-state index in [2.05, 4.69) is 5.16 Å². The van der Waals surface area contributed by atoms with Gasteiger partial charge in [-0.05, 0) is 12.0 Å². The van der Waals surface area contributed by atoms with E-state index in [9.17, 15) is 4.79 Å². The predicted molar refractivity (Wildman–Crippen MR) is 73.2 cm³/mol. The number of oxime groups is 1. The zero-order valence-corrected chi connectivity index (χ0v) is 10.8. The topological polar surface area (TPSA) is 78.9 Å². The highest BCUT2D eigenvalue weighted by atomic mass is 16.4. The third-order valence-corrected chi connectivity index (χ3v) is 3.41. The maximum Gasteiger partial charge on any atom is 0.239 e. The Morgan fingerprint density at radius 2 is 1.95 bits per heavy atom. The van der Waals surface area contributed by atoms with Crippen LogP contribution in [0, 0.1) is 0 Å². The van der Waals surface area contributed by atoms with Crippen LogP contribution in [0.25, 0.3) is 0 Å². The molecule has 1 amide bonds. The second-order valence-corrected chi connectivity index (χ2v) is 4.79. The van der Waals surface area contributed by atoms with Crippen LogP contribution in [0.2, 0.25) is 0 Å². The Hall–Kier alpha value is -1.88. The van der Waals surface area contributed by atoms with E-state index in [4.69, 9.17) is 10.9 Å². The van der Waals surface area contributed by atoms with Gasteiger partial charge in [-0.25, -0.2) is 0 Å². The molecular weight excluding hydrogens is 242 g/mol. The smallest absolute Gasteiger partial charge is 0.239 e. The van der Waals surface area contributed by atoms with Gasteiger partial charge >= 0.3 is 0 Å². The van der Waals surface area contributed by atoms with Gasteiger partial charge in [0.05, 0.1) is 11.8 Å². The van der Waals surface area contributed by atoms with E-state index in [1.54, 1.807) is 4.90 Å². The fourth-order valence-corrected chi connectivity index (χ4v) is 2.28. The summed E-state index contributed by atoms with van der Waals surface area (Å²) >= 11 is 0. The average Bonchev–Trinajstić information content (AvgIpc) is 2.47. The molecule has 0 aromatic heterocycles. The van der Waals surface area contributed by atoms with Gasteiger partial charge in [0.2, 0.25) is 5.91 Å². The monoisotopic (exact) mass is 261 g/mol. The normalized spacial score (nSPS) is 17.1. The minimum absolute atomic E-state index is 0.0270. The standard InChI is InChI=1S/C14H19N3O2/c15-13(10-11-4-2-1-3-5-11)14(18)17-8-6-12(16-19)7-9-17/h1-5,13,19H,6-10,15H2/t13-/m0/s1. The molecule has 0 radical (unpaired) electrons. The molecule has 0 bridgehead atoms. The van der Waals surface area contributed by atoms with Gasteiger partial charge in [-0.3, -0.25) is 4.79 Å². The van der Waals surface area contributed by atoms with Crippen molar-refractivity contribution in [2.75, 3.05) is 13.1 Å². The van der Waals surface area contributed by atoms with E-state index >= 15 is 0 Å². The Labute approximate surface area is 112 Å². The number of amides is 1. The summed E-state index contributed by atoms with van der Waals surface area (Å²) in [6, 6.07) is 9.27. The number of hydrogen-bond acceptors (Lipinski definition) is 4. The number of carbonyl (C=O) groups excluding carboxylic acids is 1. The minimum Gasteiger partial charge on any atom is -0.411 e. The summed E-state index contributed by atoms with van der Waals surface area (Å²) in [5.74, 6) is -0.0270. The van der Waals surface area contributed by atoms with Crippen molar-refractivity contribution in [2.45, 2.75) is 25.3 Å². The Bertz CT molecular complexity index is 449. The lowest BCUT2D eigenvalue weighted by Gasteiger charge is -2.29. The van der Waals surface area contributed by atoms with Crippen molar-refractivity contribution in [3.05, 3.63) is 35.9 Å². The summed E-state index contributed by atoms with van der Waals surface area (Å²) in [6.07, 6.45) is 1.80. The molecule has 1 saturated heterocycles. The molecule has 2 rings (SSSR count). The SMILES string of the molecule is N[C@@H](Cc1ccccc1)C(=O)N1CCC(=NO)CC1. The molecule has 1 aliphatic heterocycles. The average molecular weight is 261 g/mol. The van der Waals surface area contributed by atoms with E-state index in [0.717, 1.165) is 11.3 Å². The predicted octanol–water partition coefficient (Wildman–Crippen LogP) is 1.01.